The van der Waals surface area contributed by atoms with E-state index < -0.39 is 0 Å². The molecule has 0 bridgehead atoms. The average Bonchev–Trinajstić information content (AvgIpc) is 2.65. The SMILES string of the molecule is CNC(Cc1c(Cl)c(C)nn1C)c1cccc(Br)c1F. The molecule has 1 N–H and O–H groups in total. The van der Waals surface area contributed by atoms with E-state index in [0.29, 0.717) is 21.5 Å². The molecule has 20 heavy (non-hydrogen) atoms. The largest absolute Gasteiger partial charge is 0.313 e. The van der Waals surface area contributed by atoms with Gasteiger partial charge in [0.1, 0.15) is 5.82 Å². The van der Waals surface area contributed by atoms with Crippen LogP contribution >= 0.6 is 27.5 Å². The fourth-order valence-electron chi connectivity index (χ4n) is 2.25. The first kappa shape index (κ1) is 15.5. The van der Waals surface area contributed by atoms with Gasteiger partial charge in [-0.2, -0.15) is 5.10 Å². The Hall–Kier alpha value is -0.910. The summed E-state index contributed by atoms with van der Waals surface area (Å²) in [4.78, 5) is 0. The molecule has 0 aliphatic rings. The lowest BCUT2D eigenvalue weighted by Crippen LogP contribution is -2.21. The van der Waals surface area contributed by atoms with Crippen LogP contribution in [-0.4, -0.2) is 16.8 Å². The second kappa shape index (κ2) is 6.24. The summed E-state index contributed by atoms with van der Waals surface area (Å²) in [6.45, 7) is 1.86. The molecular weight excluding hydrogens is 345 g/mol. The number of aryl methyl sites for hydroxylation is 2. The number of nitrogens with one attached hydrogen (secondary N) is 1. The Morgan fingerprint density at radius 1 is 1.50 bits per heavy atom. The number of aromatic nitrogens is 2. The molecule has 1 atom stereocenters. The van der Waals surface area contributed by atoms with Crippen LogP contribution in [0.1, 0.15) is 23.0 Å². The van der Waals surface area contributed by atoms with Crippen LogP contribution in [0.25, 0.3) is 0 Å². The van der Waals surface area contributed by atoms with Crippen LogP contribution in [0.15, 0.2) is 22.7 Å². The van der Waals surface area contributed by atoms with Crippen LogP contribution in [0.3, 0.4) is 0 Å². The monoisotopic (exact) mass is 359 g/mol. The molecular formula is C14H16BrClFN3. The molecule has 0 spiro atoms. The van der Waals surface area contributed by atoms with E-state index in [-0.39, 0.29) is 11.9 Å². The van der Waals surface area contributed by atoms with Gasteiger partial charge >= 0.3 is 0 Å². The lowest BCUT2D eigenvalue weighted by Gasteiger charge is -2.18. The van der Waals surface area contributed by atoms with Gasteiger partial charge in [-0.3, -0.25) is 4.68 Å². The third-order valence-corrected chi connectivity index (χ3v) is 4.47. The summed E-state index contributed by atoms with van der Waals surface area (Å²) in [5, 5.41) is 8.07. The molecule has 0 fully saturated rings. The molecule has 0 radical (unpaired) electrons. The average molecular weight is 361 g/mol. The van der Waals surface area contributed by atoms with Gasteiger partial charge in [0.05, 0.1) is 20.9 Å². The van der Waals surface area contributed by atoms with E-state index in [2.05, 4.69) is 26.3 Å². The van der Waals surface area contributed by atoms with Crippen molar-refractivity contribution in [1.29, 1.82) is 0 Å². The molecule has 0 saturated carbocycles. The van der Waals surface area contributed by atoms with Crippen molar-refractivity contribution < 1.29 is 4.39 Å². The highest BCUT2D eigenvalue weighted by Crippen LogP contribution is 2.29. The summed E-state index contributed by atoms with van der Waals surface area (Å²) < 4.78 is 16.4. The number of likely N-dealkylation sites (N-methyl/N-ethyl adjacent to an activating group) is 1. The Labute approximate surface area is 131 Å². The van der Waals surface area contributed by atoms with Crippen molar-refractivity contribution in [3.05, 3.63) is 50.5 Å². The molecule has 1 unspecified atom stereocenters. The minimum atomic E-state index is -0.248. The molecule has 0 saturated heterocycles. The van der Waals surface area contributed by atoms with Gasteiger partial charge < -0.3 is 5.32 Å². The minimum Gasteiger partial charge on any atom is -0.313 e. The van der Waals surface area contributed by atoms with Gasteiger partial charge in [0.25, 0.3) is 0 Å². The van der Waals surface area contributed by atoms with Crippen molar-refractivity contribution in [2.45, 2.75) is 19.4 Å². The molecule has 108 valence electrons. The standard InChI is InChI=1S/C14H16BrClFN3/c1-8-13(16)12(20(3)19-8)7-11(18-2)9-5-4-6-10(15)14(9)17/h4-6,11,18H,7H2,1-3H3. The minimum absolute atomic E-state index is 0.167. The van der Waals surface area contributed by atoms with Crippen molar-refractivity contribution in [1.82, 2.24) is 15.1 Å². The fourth-order valence-corrected chi connectivity index (χ4v) is 2.87. The molecule has 3 nitrogen and oxygen atoms in total. The Kier molecular flexibility index (Phi) is 4.83. The molecule has 1 aromatic heterocycles. The van der Waals surface area contributed by atoms with E-state index in [0.717, 1.165) is 11.4 Å². The molecule has 0 aliphatic carbocycles. The van der Waals surface area contributed by atoms with E-state index >= 15 is 0 Å². The zero-order valence-electron chi connectivity index (χ0n) is 11.5. The van der Waals surface area contributed by atoms with Gasteiger partial charge in [-0.25, -0.2) is 4.39 Å². The number of hydrogen-bond acceptors (Lipinski definition) is 2. The zero-order valence-corrected chi connectivity index (χ0v) is 13.9. The predicted octanol–water partition coefficient (Wildman–Crippen LogP) is 3.79. The third-order valence-electron chi connectivity index (χ3n) is 3.36. The highest BCUT2D eigenvalue weighted by Gasteiger charge is 2.20. The maximum Gasteiger partial charge on any atom is 0.142 e. The summed E-state index contributed by atoms with van der Waals surface area (Å²) in [5.74, 6) is -0.248. The van der Waals surface area contributed by atoms with E-state index in [4.69, 9.17) is 11.6 Å². The van der Waals surface area contributed by atoms with Gasteiger partial charge in [-0.05, 0) is 36.0 Å². The quantitative estimate of drug-likeness (QED) is 0.899. The normalized spacial score (nSPS) is 12.7. The maximum atomic E-state index is 14.2. The summed E-state index contributed by atoms with van der Waals surface area (Å²) in [6.07, 6.45) is 0.569. The van der Waals surface area contributed by atoms with Crippen molar-refractivity contribution in [2.24, 2.45) is 7.05 Å². The Morgan fingerprint density at radius 3 is 2.75 bits per heavy atom. The number of halogens is 3. The van der Waals surface area contributed by atoms with Gasteiger partial charge in [0, 0.05) is 25.1 Å². The number of hydrogen-bond donors (Lipinski definition) is 1. The Morgan fingerprint density at radius 2 is 2.20 bits per heavy atom. The highest BCUT2D eigenvalue weighted by molar-refractivity contribution is 9.10. The summed E-state index contributed by atoms with van der Waals surface area (Å²) in [7, 11) is 3.65. The molecule has 0 aliphatic heterocycles. The molecule has 1 aromatic carbocycles. The third kappa shape index (κ3) is 2.90. The van der Waals surface area contributed by atoms with Crippen LogP contribution < -0.4 is 5.32 Å². The van der Waals surface area contributed by atoms with E-state index in [1.54, 1.807) is 16.8 Å². The summed E-state index contributed by atoms with van der Waals surface area (Å²) >= 11 is 9.48. The smallest absolute Gasteiger partial charge is 0.142 e. The fraction of sp³-hybridized carbons (Fsp3) is 0.357. The van der Waals surface area contributed by atoms with E-state index in [9.17, 15) is 4.39 Å². The van der Waals surface area contributed by atoms with Crippen LogP contribution in [-0.2, 0) is 13.5 Å². The van der Waals surface area contributed by atoms with Crippen molar-refractivity contribution in [2.75, 3.05) is 7.05 Å². The van der Waals surface area contributed by atoms with Gasteiger partial charge in [-0.15, -0.1) is 0 Å². The van der Waals surface area contributed by atoms with Gasteiger partial charge in [0.2, 0.25) is 0 Å². The molecule has 2 aromatic rings. The molecule has 2 rings (SSSR count). The summed E-state index contributed by atoms with van der Waals surface area (Å²) in [5.41, 5.74) is 2.29. The number of rotatable bonds is 4. The first-order chi connectivity index (χ1) is 9.45. The summed E-state index contributed by atoms with van der Waals surface area (Å²) in [6, 6.07) is 5.12. The second-order valence-corrected chi connectivity index (χ2v) is 5.89. The van der Waals surface area contributed by atoms with Crippen LogP contribution in [0.5, 0.6) is 0 Å². The van der Waals surface area contributed by atoms with Crippen LogP contribution in [0.2, 0.25) is 5.02 Å². The Bertz CT molecular complexity index is 627. The van der Waals surface area contributed by atoms with E-state index in [1.807, 2.05) is 27.1 Å². The number of benzene rings is 1. The molecule has 6 heteroatoms. The first-order valence-corrected chi connectivity index (χ1v) is 7.42. The molecule has 1 heterocycles. The van der Waals surface area contributed by atoms with Gasteiger partial charge in [0.15, 0.2) is 0 Å². The highest BCUT2D eigenvalue weighted by atomic mass is 79.9. The van der Waals surface area contributed by atoms with Crippen LogP contribution in [0, 0.1) is 12.7 Å². The van der Waals surface area contributed by atoms with Crippen molar-refractivity contribution in [3.63, 3.8) is 0 Å². The molecule has 0 amide bonds. The Balaban J connectivity index is 2.36. The van der Waals surface area contributed by atoms with Crippen molar-refractivity contribution in [3.8, 4) is 0 Å². The van der Waals surface area contributed by atoms with Crippen LogP contribution in [0.4, 0.5) is 4.39 Å². The maximum absolute atomic E-state index is 14.2. The lowest BCUT2D eigenvalue weighted by atomic mass is 10.0. The zero-order chi connectivity index (χ0) is 14.9. The first-order valence-electron chi connectivity index (χ1n) is 6.24. The van der Waals surface area contributed by atoms with Gasteiger partial charge in [-0.1, -0.05) is 23.7 Å². The number of nitrogens with zero attached hydrogens (tertiary/aromatic N) is 2. The topological polar surface area (TPSA) is 29.9 Å². The van der Waals surface area contributed by atoms with Crippen molar-refractivity contribution >= 4 is 27.5 Å². The second-order valence-electron chi connectivity index (χ2n) is 4.66. The van der Waals surface area contributed by atoms with E-state index in [1.165, 1.54) is 0 Å². The lowest BCUT2D eigenvalue weighted by molar-refractivity contribution is 0.517. The predicted molar refractivity (Wildman–Crippen MR) is 82.6 cm³/mol.